The molecule has 10 nitrogen and oxygen atoms in total. The van der Waals surface area contributed by atoms with Crippen molar-refractivity contribution in [3.63, 3.8) is 0 Å². The maximum atomic E-state index is 11.0. The largest absolute Gasteiger partial charge is 0.384 e. The maximum Gasteiger partial charge on any atom is 0.225 e. The van der Waals surface area contributed by atoms with Gasteiger partial charge >= 0.3 is 0 Å². The second-order valence-corrected chi connectivity index (χ2v) is 10.1. The van der Waals surface area contributed by atoms with Gasteiger partial charge in [0, 0.05) is 61.9 Å². The van der Waals surface area contributed by atoms with Gasteiger partial charge in [-0.1, -0.05) is 24.3 Å². The maximum absolute atomic E-state index is 11.0. The second-order valence-electron chi connectivity index (χ2n) is 10.1. The van der Waals surface area contributed by atoms with E-state index in [1.54, 1.807) is 18.7 Å². The number of ether oxygens (including phenoxy) is 1. The number of aromatic nitrogens is 5. The van der Waals surface area contributed by atoms with Crippen LogP contribution in [-0.2, 0) is 4.74 Å². The minimum Gasteiger partial charge on any atom is -0.384 e. The highest BCUT2D eigenvalue weighted by Gasteiger charge is 2.33. The third-order valence-corrected chi connectivity index (χ3v) is 7.73. The van der Waals surface area contributed by atoms with Crippen LogP contribution in [-0.4, -0.2) is 81.5 Å². The number of morpholine rings is 1. The Bertz CT molecular complexity index is 1370. The Hall–Kier alpha value is -3.60. The number of aliphatic hydroxyl groups excluding tert-OH is 1. The Morgan fingerprint density at radius 2 is 1.62 bits per heavy atom. The van der Waals surface area contributed by atoms with Crippen LogP contribution in [0.15, 0.2) is 49.1 Å². The van der Waals surface area contributed by atoms with Gasteiger partial charge in [-0.05, 0) is 30.0 Å². The first-order chi connectivity index (χ1) is 18.2. The van der Waals surface area contributed by atoms with E-state index in [9.17, 15) is 5.11 Å². The molecule has 4 aromatic rings. The number of nitrogens with zero attached hydrogens (tertiary/aromatic N) is 6. The zero-order valence-corrected chi connectivity index (χ0v) is 20.5. The Morgan fingerprint density at radius 1 is 0.892 bits per heavy atom. The van der Waals surface area contributed by atoms with Gasteiger partial charge in [0.05, 0.1) is 18.6 Å². The van der Waals surface area contributed by atoms with Crippen molar-refractivity contribution in [1.29, 1.82) is 0 Å². The fraction of sp³-hybridized carbons (Fsp3) is 0.407. The van der Waals surface area contributed by atoms with Crippen molar-refractivity contribution in [2.45, 2.75) is 31.0 Å². The molecule has 3 unspecified atom stereocenters. The Balaban J connectivity index is 1.08. The average Bonchev–Trinajstić information content (AvgIpc) is 3.55. The predicted octanol–water partition coefficient (Wildman–Crippen LogP) is 2.27. The van der Waals surface area contributed by atoms with Gasteiger partial charge in [0.15, 0.2) is 0 Å². The number of piperazine rings is 1. The standard InChI is InChI=1S/C27H30N8O2/c36-24(19-12-28-27(29-13-19)35-14-20-5-6-21(15-35)32-20)18-3-1-17(2-4-18)23-11-22-25(33-23)30-16-31-26(22)34-7-9-37-10-8-34/h1-4,11-13,16,20-21,24,32,36H,5-10,14-15H2,(H,30,31,33). The average molecular weight is 499 g/mol. The number of hydrogen-bond acceptors (Lipinski definition) is 9. The summed E-state index contributed by atoms with van der Waals surface area (Å²) in [6.07, 6.45) is 6.74. The lowest BCUT2D eigenvalue weighted by molar-refractivity contribution is 0.122. The lowest BCUT2D eigenvalue weighted by atomic mass is 10.0. The van der Waals surface area contributed by atoms with Crippen molar-refractivity contribution < 1.29 is 9.84 Å². The lowest BCUT2D eigenvalue weighted by Crippen LogP contribution is -2.51. The molecular formula is C27H30N8O2. The van der Waals surface area contributed by atoms with Gasteiger partial charge in [-0.2, -0.15) is 0 Å². The van der Waals surface area contributed by atoms with Gasteiger partial charge < -0.3 is 29.9 Å². The van der Waals surface area contributed by atoms with Crippen molar-refractivity contribution in [2.75, 3.05) is 49.2 Å². The highest BCUT2D eigenvalue weighted by atomic mass is 16.5. The van der Waals surface area contributed by atoms with Crippen LogP contribution < -0.4 is 15.1 Å². The fourth-order valence-corrected chi connectivity index (χ4v) is 5.74. The van der Waals surface area contributed by atoms with Gasteiger partial charge in [0.1, 0.15) is 23.9 Å². The van der Waals surface area contributed by atoms with Gasteiger partial charge in [-0.25, -0.2) is 19.9 Å². The molecule has 2 bridgehead atoms. The van der Waals surface area contributed by atoms with Gasteiger partial charge in [-0.3, -0.25) is 0 Å². The Labute approximate surface area is 214 Å². The number of fused-ring (bicyclic) bond motifs is 3. The van der Waals surface area contributed by atoms with Crippen molar-refractivity contribution in [1.82, 2.24) is 30.2 Å². The highest BCUT2D eigenvalue weighted by molar-refractivity contribution is 5.92. The van der Waals surface area contributed by atoms with Gasteiger partial charge in [0.25, 0.3) is 0 Å². The van der Waals surface area contributed by atoms with Crippen molar-refractivity contribution in [2.24, 2.45) is 0 Å². The molecule has 190 valence electrons. The molecule has 10 heteroatoms. The molecule has 3 saturated heterocycles. The third kappa shape index (κ3) is 4.30. The number of hydrogen-bond donors (Lipinski definition) is 3. The van der Waals surface area contributed by atoms with Crippen molar-refractivity contribution >= 4 is 22.8 Å². The smallest absolute Gasteiger partial charge is 0.225 e. The van der Waals surface area contributed by atoms with Crippen LogP contribution in [0.4, 0.5) is 11.8 Å². The van der Waals surface area contributed by atoms with Crippen LogP contribution >= 0.6 is 0 Å². The number of aliphatic hydroxyl groups is 1. The summed E-state index contributed by atoms with van der Waals surface area (Å²) in [6, 6.07) is 11.1. The highest BCUT2D eigenvalue weighted by Crippen LogP contribution is 2.31. The first-order valence-electron chi connectivity index (χ1n) is 13.0. The van der Waals surface area contributed by atoms with Crippen LogP contribution in [0.25, 0.3) is 22.3 Å². The summed E-state index contributed by atoms with van der Waals surface area (Å²) >= 11 is 0. The van der Waals surface area contributed by atoms with E-state index in [-0.39, 0.29) is 0 Å². The predicted molar refractivity (Wildman–Crippen MR) is 141 cm³/mol. The van der Waals surface area contributed by atoms with Crippen LogP contribution in [0.3, 0.4) is 0 Å². The van der Waals surface area contributed by atoms with E-state index in [0.29, 0.717) is 30.9 Å². The summed E-state index contributed by atoms with van der Waals surface area (Å²) in [5, 5.41) is 15.6. The molecule has 0 amide bonds. The van der Waals surface area contributed by atoms with E-state index in [0.717, 1.165) is 65.8 Å². The summed E-state index contributed by atoms with van der Waals surface area (Å²) in [7, 11) is 0. The quantitative estimate of drug-likeness (QED) is 0.381. The molecule has 3 aliphatic heterocycles. The summed E-state index contributed by atoms with van der Waals surface area (Å²) in [4.78, 5) is 26.0. The summed E-state index contributed by atoms with van der Waals surface area (Å²) < 4.78 is 5.49. The van der Waals surface area contributed by atoms with E-state index < -0.39 is 6.10 Å². The van der Waals surface area contributed by atoms with Crippen LogP contribution in [0, 0.1) is 0 Å². The number of rotatable bonds is 5. The van der Waals surface area contributed by atoms with E-state index in [4.69, 9.17) is 4.74 Å². The molecule has 0 radical (unpaired) electrons. The molecule has 6 heterocycles. The monoisotopic (exact) mass is 498 g/mol. The first kappa shape index (κ1) is 22.6. The van der Waals surface area contributed by atoms with E-state index in [2.05, 4.69) is 46.1 Å². The molecule has 3 aliphatic rings. The molecule has 3 N–H and O–H groups in total. The Kier molecular flexibility index (Phi) is 5.72. The molecule has 0 aliphatic carbocycles. The summed E-state index contributed by atoms with van der Waals surface area (Å²) in [5.74, 6) is 1.67. The van der Waals surface area contributed by atoms with Crippen molar-refractivity contribution in [3.05, 3.63) is 60.2 Å². The molecule has 7 rings (SSSR count). The number of anilines is 2. The van der Waals surface area contributed by atoms with E-state index >= 15 is 0 Å². The van der Waals surface area contributed by atoms with Gasteiger partial charge in [-0.15, -0.1) is 0 Å². The van der Waals surface area contributed by atoms with Crippen LogP contribution in [0.2, 0.25) is 0 Å². The molecule has 0 saturated carbocycles. The molecule has 0 spiro atoms. The molecule has 37 heavy (non-hydrogen) atoms. The number of aromatic amines is 1. The molecule has 3 fully saturated rings. The fourth-order valence-electron chi connectivity index (χ4n) is 5.74. The number of benzene rings is 1. The topological polar surface area (TPSA) is 115 Å². The minimum atomic E-state index is -0.788. The number of H-pyrrole nitrogens is 1. The lowest BCUT2D eigenvalue weighted by Gasteiger charge is -2.32. The molecule has 3 atom stereocenters. The second kappa shape index (κ2) is 9.37. The molecule has 1 aromatic carbocycles. The minimum absolute atomic E-state index is 0.529. The van der Waals surface area contributed by atoms with Crippen LogP contribution in [0.5, 0.6) is 0 Å². The summed E-state index contributed by atoms with van der Waals surface area (Å²) in [5.41, 5.74) is 4.27. The van der Waals surface area contributed by atoms with Crippen molar-refractivity contribution in [3.8, 4) is 11.3 Å². The Morgan fingerprint density at radius 3 is 2.35 bits per heavy atom. The summed E-state index contributed by atoms with van der Waals surface area (Å²) in [6.45, 7) is 4.93. The zero-order chi connectivity index (χ0) is 24.8. The number of nitrogens with one attached hydrogen (secondary N) is 2. The molecule has 3 aromatic heterocycles. The first-order valence-corrected chi connectivity index (χ1v) is 13.0. The third-order valence-electron chi connectivity index (χ3n) is 7.73. The molecular weight excluding hydrogens is 468 g/mol. The van der Waals surface area contributed by atoms with E-state index in [1.807, 2.05) is 24.3 Å². The normalized spacial score (nSPS) is 22.5. The van der Waals surface area contributed by atoms with E-state index in [1.165, 1.54) is 12.8 Å². The SMILES string of the molecule is OC(c1ccc(-c2cc3c(N4CCOCC4)ncnc3[nH]2)cc1)c1cnc(N2CC3CCC(C2)N3)nc1. The van der Waals surface area contributed by atoms with Crippen LogP contribution in [0.1, 0.15) is 30.1 Å². The van der Waals surface area contributed by atoms with Gasteiger partial charge in [0.2, 0.25) is 5.95 Å². The zero-order valence-electron chi connectivity index (χ0n) is 20.5.